The van der Waals surface area contributed by atoms with Gasteiger partial charge in [0.2, 0.25) is 5.91 Å². The Hall–Kier alpha value is -1.13. The molecule has 2 atom stereocenters. The van der Waals surface area contributed by atoms with Crippen molar-refractivity contribution >= 4 is 18.3 Å². The van der Waals surface area contributed by atoms with Crippen molar-refractivity contribution in [3.8, 4) is 0 Å². The van der Waals surface area contributed by atoms with Crippen LogP contribution in [0.3, 0.4) is 0 Å². The van der Waals surface area contributed by atoms with Gasteiger partial charge in [0.25, 0.3) is 0 Å². The average molecular weight is 273 g/mol. The lowest BCUT2D eigenvalue weighted by Gasteiger charge is -2.24. The van der Waals surface area contributed by atoms with Crippen molar-refractivity contribution in [1.82, 2.24) is 4.90 Å². The van der Waals surface area contributed by atoms with Crippen molar-refractivity contribution in [2.75, 3.05) is 13.1 Å². The van der Waals surface area contributed by atoms with Crippen molar-refractivity contribution in [2.45, 2.75) is 19.4 Å². The molecule has 1 aromatic carbocycles. The standard InChI is InChI=1S/C13H17FN2O.ClH/c1-9-5-12(16(8-9)13(17)7-15)10-3-2-4-11(14)6-10;/h2-4,6,9,12H,5,7-8,15H2,1H3;1H. The molecule has 100 valence electrons. The highest BCUT2D eigenvalue weighted by Gasteiger charge is 2.33. The second-order valence-corrected chi connectivity index (χ2v) is 4.66. The van der Waals surface area contributed by atoms with Crippen molar-refractivity contribution in [3.05, 3.63) is 35.6 Å². The number of rotatable bonds is 2. The summed E-state index contributed by atoms with van der Waals surface area (Å²) in [4.78, 5) is 13.5. The number of nitrogens with zero attached hydrogens (tertiary/aromatic N) is 1. The largest absolute Gasteiger partial charge is 0.334 e. The second kappa shape index (κ2) is 6.16. The first-order chi connectivity index (χ1) is 8.11. The van der Waals surface area contributed by atoms with Crippen LogP contribution in [-0.4, -0.2) is 23.9 Å². The quantitative estimate of drug-likeness (QED) is 0.896. The normalized spacial score (nSPS) is 22.7. The molecule has 3 nitrogen and oxygen atoms in total. The van der Waals surface area contributed by atoms with Crippen LogP contribution in [-0.2, 0) is 4.79 Å². The van der Waals surface area contributed by atoms with E-state index in [9.17, 15) is 9.18 Å². The van der Waals surface area contributed by atoms with E-state index in [1.54, 1.807) is 11.0 Å². The van der Waals surface area contributed by atoms with Crippen LogP contribution in [0.5, 0.6) is 0 Å². The Labute approximate surface area is 113 Å². The highest BCUT2D eigenvalue weighted by atomic mass is 35.5. The van der Waals surface area contributed by atoms with Crippen molar-refractivity contribution in [3.63, 3.8) is 0 Å². The molecule has 5 heteroatoms. The maximum absolute atomic E-state index is 13.2. The van der Waals surface area contributed by atoms with Gasteiger partial charge in [0, 0.05) is 6.54 Å². The molecule has 2 unspecified atom stereocenters. The minimum atomic E-state index is -0.262. The van der Waals surface area contributed by atoms with Gasteiger partial charge >= 0.3 is 0 Å². The van der Waals surface area contributed by atoms with Gasteiger partial charge in [0.1, 0.15) is 5.82 Å². The lowest BCUT2D eigenvalue weighted by molar-refractivity contribution is -0.130. The second-order valence-electron chi connectivity index (χ2n) is 4.66. The zero-order valence-corrected chi connectivity index (χ0v) is 11.1. The summed E-state index contributed by atoms with van der Waals surface area (Å²) < 4.78 is 13.2. The van der Waals surface area contributed by atoms with E-state index >= 15 is 0 Å². The van der Waals surface area contributed by atoms with Crippen molar-refractivity contribution < 1.29 is 9.18 Å². The number of likely N-dealkylation sites (tertiary alicyclic amines) is 1. The molecule has 0 spiro atoms. The van der Waals surface area contributed by atoms with Crippen LogP contribution in [0.15, 0.2) is 24.3 Å². The highest BCUT2D eigenvalue weighted by Crippen LogP contribution is 2.35. The Morgan fingerprint density at radius 3 is 2.89 bits per heavy atom. The Morgan fingerprint density at radius 2 is 2.28 bits per heavy atom. The maximum atomic E-state index is 13.2. The number of hydrogen-bond donors (Lipinski definition) is 1. The Morgan fingerprint density at radius 1 is 1.56 bits per heavy atom. The molecule has 2 N–H and O–H groups in total. The van der Waals surface area contributed by atoms with Crippen molar-refractivity contribution in [2.24, 2.45) is 11.7 Å². The molecule has 1 heterocycles. The van der Waals surface area contributed by atoms with Gasteiger partial charge in [-0.2, -0.15) is 0 Å². The van der Waals surface area contributed by atoms with Crippen LogP contribution in [0.25, 0.3) is 0 Å². The Kier molecular flexibility index (Phi) is 5.11. The van der Waals surface area contributed by atoms with Gasteiger partial charge < -0.3 is 10.6 Å². The Balaban J connectivity index is 0.00000162. The van der Waals surface area contributed by atoms with E-state index in [-0.39, 0.29) is 36.7 Å². The number of nitrogens with two attached hydrogens (primary N) is 1. The fourth-order valence-electron chi connectivity index (χ4n) is 2.47. The molecule has 1 fully saturated rings. The highest BCUT2D eigenvalue weighted by molar-refractivity contribution is 5.85. The van der Waals surface area contributed by atoms with Gasteiger partial charge in [-0.05, 0) is 30.0 Å². The third kappa shape index (κ3) is 3.00. The predicted octanol–water partition coefficient (Wildman–Crippen LogP) is 2.12. The van der Waals surface area contributed by atoms with E-state index in [2.05, 4.69) is 6.92 Å². The van der Waals surface area contributed by atoms with Gasteiger partial charge in [-0.25, -0.2) is 4.39 Å². The van der Waals surface area contributed by atoms with Gasteiger partial charge in [-0.1, -0.05) is 19.1 Å². The molecule has 2 rings (SSSR count). The van der Waals surface area contributed by atoms with E-state index < -0.39 is 0 Å². The topological polar surface area (TPSA) is 46.3 Å². The minimum Gasteiger partial charge on any atom is -0.334 e. The van der Waals surface area contributed by atoms with Crippen LogP contribution in [0, 0.1) is 11.7 Å². The summed E-state index contributed by atoms with van der Waals surface area (Å²) in [6.07, 6.45) is 0.870. The lowest BCUT2D eigenvalue weighted by atomic mass is 10.0. The van der Waals surface area contributed by atoms with Crippen LogP contribution in [0.4, 0.5) is 4.39 Å². The molecule has 1 aromatic rings. The van der Waals surface area contributed by atoms with Crippen LogP contribution < -0.4 is 5.73 Å². The van der Waals surface area contributed by atoms with E-state index in [4.69, 9.17) is 5.73 Å². The van der Waals surface area contributed by atoms with Crippen LogP contribution in [0.2, 0.25) is 0 Å². The number of amides is 1. The predicted molar refractivity (Wildman–Crippen MR) is 70.9 cm³/mol. The smallest absolute Gasteiger partial charge is 0.236 e. The number of halogens is 2. The zero-order chi connectivity index (χ0) is 12.4. The number of carbonyl (C=O) groups is 1. The SMILES string of the molecule is CC1CC(c2cccc(F)c2)N(C(=O)CN)C1.Cl. The summed E-state index contributed by atoms with van der Waals surface area (Å²) in [7, 11) is 0. The third-order valence-electron chi connectivity index (χ3n) is 3.24. The average Bonchev–Trinajstić information content (AvgIpc) is 2.70. The van der Waals surface area contributed by atoms with Gasteiger partial charge in [0.05, 0.1) is 12.6 Å². The fourth-order valence-corrected chi connectivity index (χ4v) is 2.47. The summed E-state index contributed by atoms with van der Waals surface area (Å²) in [6.45, 7) is 2.81. The molecular weight excluding hydrogens is 255 g/mol. The van der Waals surface area contributed by atoms with Gasteiger partial charge in [0.15, 0.2) is 0 Å². The van der Waals surface area contributed by atoms with E-state index in [0.717, 1.165) is 12.0 Å². The first-order valence-corrected chi connectivity index (χ1v) is 5.87. The van der Waals surface area contributed by atoms with Crippen LogP contribution >= 0.6 is 12.4 Å². The first kappa shape index (κ1) is 14.9. The summed E-state index contributed by atoms with van der Waals surface area (Å²) in [5.41, 5.74) is 6.26. The first-order valence-electron chi connectivity index (χ1n) is 5.87. The van der Waals surface area contributed by atoms with Crippen molar-refractivity contribution in [1.29, 1.82) is 0 Å². The molecule has 0 saturated carbocycles. The summed E-state index contributed by atoms with van der Waals surface area (Å²) in [5, 5.41) is 0. The third-order valence-corrected chi connectivity index (χ3v) is 3.24. The molecule has 1 aliphatic rings. The summed E-state index contributed by atoms with van der Waals surface area (Å²) in [5.74, 6) is 0.101. The van der Waals surface area contributed by atoms with Gasteiger partial charge in [-0.15, -0.1) is 12.4 Å². The van der Waals surface area contributed by atoms with Crippen LogP contribution in [0.1, 0.15) is 24.9 Å². The fraction of sp³-hybridized carbons (Fsp3) is 0.462. The number of benzene rings is 1. The number of carbonyl (C=O) groups excluding carboxylic acids is 1. The maximum Gasteiger partial charge on any atom is 0.236 e. The lowest BCUT2D eigenvalue weighted by Crippen LogP contribution is -2.35. The molecule has 1 saturated heterocycles. The van der Waals surface area contributed by atoms with Gasteiger partial charge in [-0.3, -0.25) is 4.79 Å². The zero-order valence-electron chi connectivity index (χ0n) is 10.3. The summed E-state index contributed by atoms with van der Waals surface area (Å²) in [6, 6.07) is 6.43. The molecule has 1 amide bonds. The number of hydrogen-bond acceptors (Lipinski definition) is 2. The monoisotopic (exact) mass is 272 g/mol. The molecule has 0 aliphatic carbocycles. The molecule has 0 aromatic heterocycles. The molecule has 18 heavy (non-hydrogen) atoms. The van der Waals surface area contributed by atoms with E-state index in [0.29, 0.717) is 12.5 Å². The van der Waals surface area contributed by atoms with E-state index in [1.165, 1.54) is 12.1 Å². The molecule has 0 bridgehead atoms. The minimum absolute atomic E-state index is 0. The molecular formula is C13H18ClFN2O. The summed E-state index contributed by atoms with van der Waals surface area (Å²) >= 11 is 0. The van der Waals surface area contributed by atoms with E-state index in [1.807, 2.05) is 6.07 Å². The molecule has 0 radical (unpaired) electrons. The molecule has 1 aliphatic heterocycles. The Bertz CT molecular complexity index is 427.